The van der Waals surface area contributed by atoms with Crippen LogP contribution >= 0.6 is 23.2 Å². The number of sulfonamides is 1. The molecule has 0 aliphatic heterocycles. The molecule has 0 fully saturated rings. The van der Waals surface area contributed by atoms with Crippen molar-refractivity contribution in [2.24, 2.45) is 0 Å². The summed E-state index contributed by atoms with van der Waals surface area (Å²) in [7, 11) is -3.89. The van der Waals surface area contributed by atoms with E-state index in [0.29, 0.717) is 6.54 Å². The van der Waals surface area contributed by atoms with Crippen molar-refractivity contribution in [3.63, 3.8) is 0 Å². The van der Waals surface area contributed by atoms with Gasteiger partial charge in [-0.3, -0.25) is 13.9 Å². The zero-order valence-corrected chi connectivity index (χ0v) is 25.3. The van der Waals surface area contributed by atoms with Crippen molar-refractivity contribution in [3.8, 4) is 0 Å². The van der Waals surface area contributed by atoms with Crippen LogP contribution in [0.3, 0.4) is 0 Å². The van der Waals surface area contributed by atoms with Crippen molar-refractivity contribution in [2.75, 3.05) is 23.7 Å². The number of rotatable bonds is 13. The van der Waals surface area contributed by atoms with E-state index in [1.807, 2.05) is 68.4 Å². The number of unbranched alkanes of at least 4 members (excludes halogenated alkanes) is 1. The van der Waals surface area contributed by atoms with Crippen LogP contribution in [0.1, 0.15) is 36.5 Å². The van der Waals surface area contributed by atoms with Gasteiger partial charge in [-0.25, -0.2) is 8.42 Å². The molecule has 0 radical (unpaired) electrons. The van der Waals surface area contributed by atoms with Gasteiger partial charge in [0.2, 0.25) is 21.8 Å². The van der Waals surface area contributed by atoms with E-state index in [0.717, 1.165) is 40.1 Å². The molecule has 0 aliphatic rings. The fraction of sp³-hybridized carbons (Fsp3) is 0.333. The summed E-state index contributed by atoms with van der Waals surface area (Å²) in [5, 5.41) is 3.39. The summed E-state index contributed by atoms with van der Waals surface area (Å²) in [6.45, 7) is 4.06. The van der Waals surface area contributed by atoms with Gasteiger partial charge in [0, 0.05) is 19.5 Å². The Morgan fingerprint density at radius 3 is 2.25 bits per heavy atom. The van der Waals surface area contributed by atoms with Gasteiger partial charge in [0.05, 0.1) is 22.0 Å². The molecule has 0 heterocycles. The summed E-state index contributed by atoms with van der Waals surface area (Å²) in [6.07, 6.45) is 2.99. The van der Waals surface area contributed by atoms with E-state index in [1.54, 1.807) is 0 Å². The van der Waals surface area contributed by atoms with Crippen molar-refractivity contribution in [1.29, 1.82) is 0 Å². The molecular weight excluding hydrogens is 569 g/mol. The number of hydrogen-bond donors (Lipinski definition) is 1. The third-order valence-corrected chi connectivity index (χ3v) is 8.29. The van der Waals surface area contributed by atoms with Gasteiger partial charge in [0.1, 0.15) is 12.6 Å². The highest BCUT2D eigenvalue weighted by atomic mass is 35.5. The first kappa shape index (κ1) is 31.5. The topological polar surface area (TPSA) is 86.8 Å². The number of nitrogens with zero attached hydrogens (tertiary/aromatic N) is 2. The number of carbonyl (C=O) groups excluding carboxylic acids is 2. The van der Waals surface area contributed by atoms with Gasteiger partial charge >= 0.3 is 0 Å². The summed E-state index contributed by atoms with van der Waals surface area (Å²) in [4.78, 5) is 29.1. The molecule has 0 spiro atoms. The quantitative estimate of drug-likeness (QED) is 0.257. The van der Waals surface area contributed by atoms with E-state index in [9.17, 15) is 18.0 Å². The van der Waals surface area contributed by atoms with Crippen LogP contribution < -0.4 is 9.62 Å². The lowest BCUT2D eigenvalue weighted by Gasteiger charge is -2.33. The molecular formula is C30H35Cl2N3O4S. The molecule has 1 atom stereocenters. The molecule has 0 saturated heterocycles. The summed E-state index contributed by atoms with van der Waals surface area (Å²) in [5.41, 5.74) is 2.91. The molecule has 214 valence electrons. The highest BCUT2D eigenvalue weighted by molar-refractivity contribution is 7.92. The molecule has 0 aromatic heterocycles. The Morgan fingerprint density at radius 2 is 1.62 bits per heavy atom. The summed E-state index contributed by atoms with van der Waals surface area (Å²) in [5.74, 6) is -0.816. The van der Waals surface area contributed by atoms with Crippen LogP contribution in [0.25, 0.3) is 0 Å². The molecule has 0 bridgehead atoms. The Morgan fingerprint density at radius 1 is 0.925 bits per heavy atom. The van der Waals surface area contributed by atoms with Crippen molar-refractivity contribution in [2.45, 2.75) is 45.7 Å². The maximum Gasteiger partial charge on any atom is 0.244 e. The van der Waals surface area contributed by atoms with Gasteiger partial charge in [0.15, 0.2) is 0 Å². The zero-order valence-electron chi connectivity index (χ0n) is 22.9. The van der Waals surface area contributed by atoms with E-state index >= 15 is 0 Å². The number of carbonyl (C=O) groups is 2. The number of hydrogen-bond acceptors (Lipinski definition) is 4. The lowest BCUT2D eigenvalue weighted by atomic mass is 10.0. The first-order chi connectivity index (χ1) is 19.0. The van der Waals surface area contributed by atoms with Crippen LogP contribution in [0.15, 0.2) is 72.8 Å². The molecule has 3 aromatic carbocycles. The highest BCUT2D eigenvalue weighted by Gasteiger charge is 2.33. The van der Waals surface area contributed by atoms with Gasteiger partial charge in [-0.1, -0.05) is 96.7 Å². The third kappa shape index (κ3) is 8.98. The molecule has 3 rings (SSSR count). The second-order valence-corrected chi connectivity index (χ2v) is 12.5. The molecule has 7 nitrogen and oxygen atoms in total. The van der Waals surface area contributed by atoms with E-state index < -0.39 is 28.5 Å². The van der Waals surface area contributed by atoms with Crippen LogP contribution in [0.4, 0.5) is 5.69 Å². The SMILES string of the molecule is CCCCNC(=O)[C@@H](Cc1ccccc1)N(Cc1cccc(C)c1)C(=O)CN(c1ccc(Cl)c(Cl)c1)S(C)(=O)=O. The van der Waals surface area contributed by atoms with Crippen LogP contribution in [0.2, 0.25) is 10.0 Å². The van der Waals surface area contributed by atoms with Crippen molar-refractivity contribution >= 4 is 50.7 Å². The minimum Gasteiger partial charge on any atom is -0.354 e. The average molecular weight is 605 g/mol. The van der Waals surface area contributed by atoms with Gasteiger partial charge in [0.25, 0.3) is 0 Å². The number of anilines is 1. The predicted octanol–water partition coefficient (Wildman–Crippen LogP) is 5.62. The molecule has 0 saturated carbocycles. The molecule has 10 heteroatoms. The number of aryl methyl sites for hydroxylation is 1. The van der Waals surface area contributed by atoms with Crippen LogP contribution in [0, 0.1) is 6.92 Å². The van der Waals surface area contributed by atoms with Crippen molar-refractivity contribution in [3.05, 3.63) is 99.5 Å². The van der Waals surface area contributed by atoms with E-state index in [-0.39, 0.29) is 34.6 Å². The molecule has 0 aliphatic carbocycles. The molecule has 3 aromatic rings. The van der Waals surface area contributed by atoms with Gasteiger partial charge in [-0.2, -0.15) is 0 Å². The van der Waals surface area contributed by atoms with Gasteiger partial charge in [-0.15, -0.1) is 0 Å². The number of nitrogens with one attached hydrogen (secondary N) is 1. The highest BCUT2D eigenvalue weighted by Crippen LogP contribution is 2.29. The minimum atomic E-state index is -3.89. The lowest BCUT2D eigenvalue weighted by molar-refractivity contribution is -0.140. The summed E-state index contributed by atoms with van der Waals surface area (Å²) in [6, 6.07) is 20.6. The maximum absolute atomic E-state index is 14.1. The van der Waals surface area contributed by atoms with Crippen molar-refractivity contribution < 1.29 is 18.0 Å². The number of amides is 2. The average Bonchev–Trinajstić information content (AvgIpc) is 2.91. The second-order valence-electron chi connectivity index (χ2n) is 9.73. The van der Waals surface area contributed by atoms with Gasteiger partial charge < -0.3 is 10.2 Å². The fourth-order valence-corrected chi connectivity index (χ4v) is 5.45. The minimum absolute atomic E-state index is 0.123. The summed E-state index contributed by atoms with van der Waals surface area (Å²) >= 11 is 12.2. The van der Waals surface area contributed by atoms with Crippen LogP contribution in [0.5, 0.6) is 0 Å². The third-order valence-electron chi connectivity index (χ3n) is 6.41. The first-order valence-corrected chi connectivity index (χ1v) is 15.7. The Bertz CT molecular complexity index is 1420. The molecule has 0 unspecified atom stereocenters. The van der Waals surface area contributed by atoms with Crippen LogP contribution in [-0.4, -0.2) is 50.5 Å². The summed E-state index contributed by atoms with van der Waals surface area (Å²) < 4.78 is 26.7. The smallest absolute Gasteiger partial charge is 0.244 e. The van der Waals surface area contributed by atoms with E-state index in [4.69, 9.17) is 23.2 Å². The van der Waals surface area contributed by atoms with Crippen molar-refractivity contribution in [1.82, 2.24) is 10.2 Å². The standard InChI is InChI=1S/C30H35Cl2N3O4S/c1-4-5-16-33-30(37)28(18-23-11-7-6-8-12-23)34(20-24-13-9-10-22(2)17-24)29(36)21-35(40(3,38)39)25-14-15-26(31)27(32)19-25/h6-15,17,19,28H,4-5,16,18,20-21H2,1-3H3,(H,33,37)/t28-/m1/s1. The lowest BCUT2D eigenvalue weighted by Crippen LogP contribution is -2.53. The normalized spacial score (nSPS) is 12.0. The Hall–Kier alpha value is -3.07. The molecule has 1 N–H and O–H groups in total. The van der Waals surface area contributed by atoms with Gasteiger partial charge in [-0.05, 0) is 42.7 Å². The zero-order chi connectivity index (χ0) is 29.3. The molecule has 2 amide bonds. The Balaban J connectivity index is 2.04. The largest absolute Gasteiger partial charge is 0.354 e. The van der Waals surface area contributed by atoms with E-state index in [2.05, 4.69) is 5.32 Å². The number of benzene rings is 3. The van der Waals surface area contributed by atoms with E-state index in [1.165, 1.54) is 23.1 Å². The molecule has 40 heavy (non-hydrogen) atoms. The van der Waals surface area contributed by atoms with Crippen LogP contribution in [-0.2, 0) is 32.6 Å². The second kappa shape index (κ2) is 14.5. The maximum atomic E-state index is 14.1. The first-order valence-electron chi connectivity index (χ1n) is 13.1. The fourth-order valence-electron chi connectivity index (χ4n) is 4.32. The number of halogens is 2. The monoisotopic (exact) mass is 603 g/mol. The Kier molecular flexibility index (Phi) is 11.4. The Labute approximate surface area is 247 Å². The predicted molar refractivity (Wildman–Crippen MR) is 162 cm³/mol.